The molecule has 17 heavy (non-hydrogen) atoms. The standard InChI is InChI=1S/C15H24ClN/c1-4-14(7-8-16)10-17-11-15-6-5-12(2)13(3)9-15/h5-6,9,14,17H,4,7-8,10-11H2,1-3H3. The second-order valence-corrected chi connectivity index (χ2v) is 5.18. The summed E-state index contributed by atoms with van der Waals surface area (Å²) in [6.07, 6.45) is 2.31. The molecule has 0 aliphatic carbocycles. The lowest BCUT2D eigenvalue weighted by atomic mass is 10.0. The fourth-order valence-corrected chi connectivity index (χ4v) is 2.25. The molecule has 0 fully saturated rings. The van der Waals surface area contributed by atoms with Gasteiger partial charge in [-0.25, -0.2) is 0 Å². The third-order valence-corrected chi connectivity index (χ3v) is 3.65. The van der Waals surface area contributed by atoms with E-state index in [1.165, 1.54) is 23.1 Å². The molecule has 1 unspecified atom stereocenters. The first-order valence-corrected chi connectivity index (χ1v) is 7.03. The van der Waals surface area contributed by atoms with Gasteiger partial charge in [0.1, 0.15) is 0 Å². The average molecular weight is 254 g/mol. The predicted molar refractivity (Wildman–Crippen MR) is 76.7 cm³/mol. The predicted octanol–water partition coefficient (Wildman–Crippen LogP) is 4.05. The third kappa shape index (κ3) is 5.10. The van der Waals surface area contributed by atoms with Crippen molar-refractivity contribution >= 4 is 11.6 Å². The Bertz CT molecular complexity index is 336. The molecule has 1 N–H and O–H groups in total. The summed E-state index contributed by atoms with van der Waals surface area (Å²) in [4.78, 5) is 0. The van der Waals surface area contributed by atoms with Crippen molar-refractivity contribution < 1.29 is 0 Å². The largest absolute Gasteiger partial charge is 0.312 e. The van der Waals surface area contributed by atoms with Crippen molar-refractivity contribution in [1.29, 1.82) is 0 Å². The lowest BCUT2D eigenvalue weighted by molar-refractivity contribution is 0.451. The summed E-state index contributed by atoms with van der Waals surface area (Å²) in [5.41, 5.74) is 4.10. The van der Waals surface area contributed by atoms with E-state index in [0.29, 0.717) is 5.92 Å². The number of halogens is 1. The van der Waals surface area contributed by atoms with Gasteiger partial charge in [-0.1, -0.05) is 31.5 Å². The molecule has 1 rings (SSSR count). The van der Waals surface area contributed by atoms with Gasteiger partial charge in [-0.15, -0.1) is 11.6 Å². The Kier molecular flexibility index (Phi) is 6.61. The van der Waals surface area contributed by atoms with Crippen LogP contribution in [-0.2, 0) is 6.54 Å². The molecule has 0 aliphatic rings. The lowest BCUT2D eigenvalue weighted by Crippen LogP contribution is -2.22. The smallest absolute Gasteiger partial charge is 0.0226 e. The molecule has 0 aliphatic heterocycles. The van der Waals surface area contributed by atoms with Crippen LogP contribution in [-0.4, -0.2) is 12.4 Å². The highest BCUT2D eigenvalue weighted by molar-refractivity contribution is 6.17. The van der Waals surface area contributed by atoms with Crippen LogP contribution in [0.15, 0.2) is 18.2 Å². The molecular weight excluding hydrogens is 230 g/mol. The molecule has 1 aromatic carbocycles. The van der Waals surface area contributed by atoms with Crippen molar-refractivity contribution in [2.75, 3.05) is 12.4 Å². The van der Waals surface area contributed by atoms with E-state index in [-0.39, 0.29) is 0 Å². The summed E-state index contributed by atoms with van der Waals surface area (Å²) in [5, 5.41) is 3.53. The zero-order valence-electron chi connectivity index (χ0n) is 11.2. The van der Waals surface area contributed by atoms with Crippen LogP contribution in [0.2, 0.25) is 0 Å². The van der Waals surface area contributed by atoms with E-state index >= 15 is 0 Å². The molecule has 96 valence electrons. The maximum absolute atomic E-state index is 5.78. The number of rotatable bonds is 7. The van der Waals surface area contributed by atoms with E-state index in [1.807, 2.05) is 0 Å². The van der Waals surface area contributed by atoms with E-state index < -0.39 is 0 Å². The lowest BCUT2D eigenvalue weighted by Gasteiger charge is -2.14. The van der Waals surface area contributed by atoms with Crippen LogP contribution in [0.1, 0.15) is 36.5 Å². The fraction of sp³-hybridized carbons (Fsp3) is 0.600. The maximum Gasteiger partial charge on any atom is 0.0226 e. The molecule has 1 atom stereocenters. The Morgan fingerprint density at radius 3 is 2.59 bits per heavy atom. The molecule has 2 heteroatoms. The highest BCUT2D eigenvalue weighted by Gasteiger charge is 2.04. The number of hydrogen-bond donors (Lipinski definition) is 1. The van der Waals surface area contributed by atoms with Crippen LogP contribution in [0.25, 0.3) is 0 Å². The summed E-state index contributed by atoms with van der Waals surface area (Å²) in [6, 6.07) is 6.67. The van der Waals surface area contributed by atoms with E-state index in [4.69, 9.17) is 11.6 Å². The Hall–Kier alpha value is -0.530. The summed E-state index contributed by atoms with van der Waals surface area (Å²) >= 11 is 5.78. The molecule has 1 nitrogen and oxygen atoms in total. The first-order chi connectivity index (χ1) is 8.17. The molecule has 1 aromatic rings. The van der Waals surface area contributed by atoms with Crippen LogP contribution in [0.4, 0.5) is 0 Å². The summed E-state index contributed by atoms with van der Waals surface area (Å²) in [7, 11) is 0. The summed E-state index contributed by atoms with van der Waals surface area (Å²) in [5.74, 6) is 1.48. The zero-order valence-corrected chi connectivity index (χ0v) is 12.0. The van der Waals surface area contributed by atoms with Gasteiger partial charge in [-0.05, 0) is 49.4 Å². The Morgan fingerprint density at radius 2 is 2.00 bits per heavy atom. The second kappa shape index (κ2) is 7.73. The number of alkyl halides is 1. The van der Waals surface area contributed by atoms with Gasteiger partial charge >= 0.3 is 0 Å². The van der Waals surface area contributed by atoms with Gasteiger partial charge in [0.05, 0.1) is 0 Å². The first-order valence-electron chi connectivity index (χ1n) is 6.50. The molecule has 0 radical (unpaired) electrons. The molecule has 0 amide bonds. The second-order valence-electron chi connectivity index (χ2n) is 4.80. The third-order valence-electron chi connectivity index (χ3n) is 3.43. The van der Waals surface area contributed by atoms with Gasteiger partial charge in [0.15, 0.2) is 0 Å². The van der Waals surface area contributed by atoms with Crippen LogP contribution >= 0.6 is 11.6 Å². The normalized spacial score (nSPS) is 12.7. The molecule has 0 aromatic heterocycles. The SMILES string of the molecule is CCC(CCCl)CNCc1ccc(C)c(C)c1. The van der Waals surface area contributed by atoms with Crippen molar-refractivity contribution in [2.24, 2.45) is 5.92 Å². The van der Waals surface area contributed by atoms with Crippen LogP contribution in [0, 0.1) is 19.8 Å². The molecule has 0 spiro atoms. The fourth-order valence-electron chi connectivity index (χ4n) is 1.94. The molecule has 0 heterocycles. The molecular formula is C15H24ClN. The minimum absolute atomic E-state index is 0.707. The van der Waals surface area contributed by atoms with E-state index in [2.05, 4.69) is 44.3 Å². The van der Waals surface area contributed by atoms with Gasteiger partial charge in [0.2, 0.25) is 0 Å². The number of hydrogen-bond acceptors (Lipinski definition) is 1. The Balaban J connectivity index is 2.37. The van der Waals surface area contributed by atoms with Crippen molar-refractivity contribution in [3.05, 3.63) is 34.9 Å². The quantitative estimate of drug-likeness (QED) is 0.723. The van der Waals surface area contributed by atoms with Crippen LogP contribution in [0.3, 0.4) is 0 Å². The minimum atomic E-state index is 0.707. The first kappa shape index (κ1) is 14.5. The van der Waals surface area contributed by atoms with Crippen LogP contribution in [0.5, 0.6) is 0 Å². The van der Waals surface area contributed by atoms with Gasteiger partial charge in [0, 0.05) is 12.4 Å². The Labute approximate surface area is 111 Å². The van der Waals surface area contributed by atoms with Crippen molar-refractivity contribution in [2.45, 2.75) is 40.2 Å². The van der Waals surface area contributed by atoms with E-state index in [1.54, 1.807) is 0 Å². The zero-order chi connectivity index (χ0) is 12.7. The maximum atomic E-state index is 5.78. The molecule has 0 bridgehead atoms. The van der Waals surface area contributed by atoms with Gasteiger partial charge in [0.25, 0.3) is 0 Å². The van der Waals surface area contributed by atoms with Crippen molar-refractivity contribution in [3.8, 4) is 0 Å². The highest BCUT2D eigenvalue weighted by atomic mass is 35.5. The monoisotopic (exact) mass is 253 g/mol. The van der Waals surface area contributed by atoms with E-state index in [9.17, 15) is 0 Å². The van der Waals surface area contributed by atoms with Crippen molar-refractivity contribution in [3.63, 3.8) is 0 Å². The highest BCUT2D eigenvalue weighted by Crippen LogP contribution is 2.11. The summed E-state index contributed by atoms with van der Waals surface area (Å²) in [6.45, 7) is 8.58. The van der Waals surface area contributed by atoms with Gasteiger partial charge in [-0.2, -0.15) is 0 Å². The average Bonchev–Trinajstić information content (AvgIpc) is 2.32. The van der Waals surface area contributed by atoms with Gasteiger partial charge in [-0.3, -0.25) is 0 Å². The van der Waals surface area contributed by atoms with Crippen molar-refractivity contribution in [1.82, 2.24) is 5.32 Å². The Morgan fingerprint density at radius 1 is 1.24 bits per heavy atom. The van der Waals surface area contributed by atoms with E-state index in [0.717, 1.165) is 25.4 Å². The number of aryl methyl sites for hydroxylation is 2. The minimum Gasteiger partial charge on any atom is -0.312 e. The summed E-state index contributed by atoms with van der Waals surface area (Å²) < 4.78 is 0. The number of benzene rings is 1. The van der Waals surface area contributed by atoms with Crippen LogP contribution < -0.4 is 5.32 Å². The number of nitrogens with one attached hydrogen (secondary N) is 1. The topological polar surface area (TPSA) is 12.0 Å². The van der Waals surface area contributed by atoms with Gasteiger partial charge < -0.3 is 5.32 Å². The molecule has 0 saturated heterocycles. The molecule has 0 saturated carbocycles.